The Hall–Kier alpha value is -1.92. The highest BCUT2D eigenvalue weighted by Gasteiger charge is 2.38. The van der Waals surface area contributed by atoms with Crippen molar-refractivity contribution < 1.29 is 8.42 Å². The molecule has 1 aliphatic rings. The quantitative estimate of drug-likeness (QED) is 0.634. The lowest BCUT2D eigenvalue weighted by Gasteiger charge is -2.31. The van der Waals surface area contributed by atoms with Crippen LogP contribution in [0.5, 0.6) is 0 Å². The van der Waals surface area contributed by atoms with Gasteiger partial charge in [-0.1, -0.05) is 48.0 Å². The van der Waals surface area contributed by atoms with Crippen molar-refractivity contribution in [1.29, 1.82) is 0 Å². The largest absolute Gasteiger partial charge is 0.304 e. The third-order valence-electron chi connectivity index (χ3n) is 4.97. The molecule has 4 rings (SSSR count). The number of halogens is 1. The number of sulfonamides is 1. The van der Waals surface area contributed by atoms with E-state index in [1.807, 2.05) is 18.2 Å². The maximum Gasteiger partial charge on any atom is 0.241 e. The molecule has 0 bridgehead atoms. The molecule has 1 aliphatic carbocycles. The van der Waals surface area contributed by atoms with E-state index >= 15 is 0 Å². The van der Waals surface area contributed by atoms with Gasteiger partial charge in [0.25, 0.3) is 0 Å². The minimum atomic E-state index is -3.71. The van der Waals surface area contributed by atoms with Gasteiger partial charge in [-0.05, 0) is 66.9 Å². The first-order valence-corrected chi connectivity index (χ1v) is 11.1. The van der Waals surface area contributed by atoms with Crippen molar-refractivity contribution in [3.63, 3.8) is 0 Å². The lowest BCUT2D eigenvalue weighted by molar-refractivity contribution is 0.327. The van der Waals surface area contributed by atoms with Crippen molar-refractivity contribution in [1.82, 2.24) is 10.0 Å². The van der Waals surface area contributed by atoms with E-state index < -0.39 is 16.1 Å². The molecule has 0 heterocycles. The first-order valence-electron chi connectivity index (χ1n) is 9.23. The first kappa shape index (κ1) is 19.4. The summed E-state index contributed by atoms with van der Waals surface area (Å²) in [4.78, 5) is 0.203. The summed E-state index contributed by atoms with van der Waals surface area (Å²) >= 11 is 5.92. The third kappa shape index (κ3) is 3.55. The van der Waals surface area contributed by atoms with Crippen LogP contribution in [0.4, 0.5) is 0 Å². The molecule has 0 amide bonds. The Balaban J connectivity index is 1.80. The van der Waals surface area contributed by atoms with Gasteiger partial charge in [0.05, 0.1) is 17.0 Å². The van der Waals surface area contributed by atoms with Crippen molar-refractivity contribution in [2.75, 3.05) is 0 Å². The summed E-state index contributed by atoms with van der Waals surface area (Å²) in [5.74, 6) is 0. The Kier molecular flexibility index (Phi) is 4.74. The molecule has 0 fully saturated rings. The molecule has 0 saturated carbocycles. The fraction of sp³-hybridized carbons (Fsp3) is 0.273. The van der Waals surface area contributed by atoms with Gasteiger partial charge in [-0.3, -0.25) is 0 Å². The van der Waals surface area contributed by atoms with Crippen LogP contribution in [0.15, 0.2) is 65.6 Å². The highest BCUT2D eigenvalue weighted by Crippen LogP contribution is 2.45. The van der Waals surface area contributed by atoms with Gasteiger partial charge in [0.2, 0.25) is 10.0 Å². The Labute approximate surface area is 171 Å². The second kappa shape index (κ2) is 6.85. The van der Waals surface area contributed by atoms with E-state index in [1.165, 1.54) is 12.1 Å². The topological polar surface area (TPSA) is 58.2 Å². The molecule has 4 nitrogen and oxygen atoms in total. The summed E-state index contributed by atoms with van der Waals surface area (Å²) in [6, 6.07) is 17.9. The van der Waals surface area contributed by atoms with Gasteiger partial charge in [0.1, 0.15) is 0 Å². The summed E-state index contributed by atoms with van der Waals surface area (Å²) in [5, 5.41) is 6.35. The van der Waals surface area contributed by atoms with Crippen LogP contribution in [0.1, 0.15) is 44.0 Å². The van der Waals surface area contributed by atoms with Gasteiger partial charge in [0, 0.05) is 10.6 Å². The highest BCUT2D eigenvalue weighted by atomic mass is 35.5. The van der Waals surface area contributed by atoms with Gasteiger partial charge in [-0.2, -0.15) is 0 Å². The molecule has 2 atom stereocenters. The van der Waals surface area contributed by atoms with Crippen LogP contribution in [0, 0.1) is 0 Å². The molecule has 0 radical (unpaired) electrons. The SMILES string of the molecule is CC(C)(C)N[C@@H]1c2cccc3cccc(c23)[C@@H]1NS(=O)(=O)c1ccc(Cl)cc1. The molecule has 0 spiro atoms. The normalized spacial score (nSPS) is 19.3. The number of hydrogen-bond acceptors (Lipinski definition) is 3. The van der Waals surface area contributed by atoms with Gasteiger partial charge >= 0.3 is 0 Å². The predicted octanol–water partition coefficient (Wildman–Crippen LogP) is 4.96. The van der Waals surface area contributed by atoms with Gasteiger partial charge < -0.3 is 5.32 Å². The van der Waals surface area contributed by atoms with E-state index in [0.29, 0.717) is 5.02 Å². The van der Waals surface area contributed by atoms with Gasteiger partial charge in [-0.25, -0.2) is 13.1 Å². The van der Waals surface area contributed by atoms with E-state index in [0.717, 1.165) is 21.9 Å². The van der Waals surface area contributed by atoms with Crippen molar-refractivity contribution in [2.24, 2.45) is 0 Å². The summed E-state index contributed by atoms with van der Waals surface area (Å²) in [7, 11) is -3.71. The zero-order valence-electron chi connectivity index (χ0n) is 16.0. The zero-order valence-corrected chi connectivity index (χ0v) is 17.6. The van der Waals surface area contributed by atoms with Crippen LogP contribution in [-0.2, 0) is 10.0 Å². The smallest absolute Gasteiger partial charge is 0.241 e. The maximum atomic E-state index is 13.1. The Morgan fingerprint density at radius 3 is 2.00 bits per heavy atom. The lowest BCUT2D eigenvalue weighted by atomic mass is 10.0. The van der Waals surface area contributed by atoms with Crippen LogP contribution < -0.4 is 10.0 Å². The second-order valence-electron chi connectivity index (χ2n) is 8.22. The van der Waals surface area contributed by atoms with Gasteiger partial charge in [0.15, 0.2) is 0 Å². The summed E-state index contributed by atoms with van der Waals surface area (Å²) in [6.07, 6.45) is 0. The lowest BCUT2D eigenvalue weighted by Crippen LogP contribution is -2.44. The second-order valence-corrected chi connectivity index (χ2v) is 10.4. The molecule has 146 valence electrons. The summed E-state index contributed by atoms with van der Waals surface area (Å²) in [6.45, 7) is 6.25. The fourth-order valence-corrected chi connectivity index (χ4v) is 5.24. The molecule has 6 heteroatoms. The van der Waals surface area contributed by atoms with E-state index in [2.05, 4.69) is 49.0 Å². The number of rotatable bonds is 4. The molecule has 0 saturated heterocycles. The molecular weight excluding hydrogens is 392 g/mol. The van der Waals surface area contributed by atoms with Crippen molar-refractivity contribution in [3.05, 3.63) is 76.8 Å². The zero-order chi connectivity index (χ0) is 20.1. The molecule has 3 aromatic carbocycles. The molecule has 3 aromatic rings. The maximum absolute atomic E-state index is 13.1. The minimum Gasteiger partial charge on any atom is -0.304 e. The van der Waals surface area contributed by atoms with Crippen LogP contribution >= 0.6 is 11.6 Å². The number of hydrogen-bond donors (Lipinski definition) is 2. The van der Waals surface area contributed by atoms with Crippen LogP contribution in [0.2, 0.25) is 5.02 Å². The van der Waals surface area contributed by atoms with Crippen molar-refractivity contribution in [2.45, 2.75) is 43.3 Å². The monoisotopic (exact) mass is 414 g/mol. The van der Waals surface area contributed by atoms with Crippen molar-refractivity contribution in [3.8, 4) is 0 Å². The van der Waals surface area contributed by atoms with Gasteiger partial charge in [-0.15, -0.1) is 0 Å². The Morgan fingerprint density at radius 1 is 0.857 bits per heavy atom. The predicted molar refractivity (Wildman–Crippen MR) is 114 cm³/mol. The Bertz CT molecular complexity index is 1130. The van der Waals surface area contributed by atoms with Crippen LogP contribution in [-0.4, -0.2) is 14.0 Å². The average Bonchev–Trinajstić information content (AvgIpc) is 2.89. The van der Waals surface area contributed by atoms with E-state index in [-0.39, 0.29) is 16.5 Å². The molecule has 28 heavy (non-hydrogen) atoms. The molecular formula is C22H23ClN2O2S. The molecule has 2 N–H and O–H groups in total. The van der Waals surface area contributed by atoms with E-state index in [4.69, 9.17) is 11.6 Å². The van der Waals surface area contributed by atoms with E-state index in [9.17, 15) is 8.42 Å². The van der Waals surface area contributed by atoms with Crippen molar-refractivity contribution >= 4 is 32.4 Å². The average molecular weight is 415 g/mol. The van der Waals surface area contributed by atoms with Crippen LogP contribution in [0.3, 0.4) is 0 Å². The Morgan fingerprint density at radius 2 is 1.43 bits per heavy atom. The molecule has 0 aliphatic heterocycles. The van der Waals surface area contributed by atoms with Crippen LogP contribution in [0.25, 0.3) is 10.8 Å². The first-order chi connectivity index (χ1) is 13.2. The fourth-order valence-electron chi connectivity index (χ4n) is 3.89. The number of benzene rings is 3. The summed E-state index contributed by atoms with van der Waals surface area (Å²) < 4.78 is 29.1. The molecule has 0 unspecified atom stereocenters. The third-order valence-corrected chi connectivity index (χ3v) is 6.68. The van der Waals surface area contributed by atoms with E-state index in [1.54, 1.807) is 12.1 Å². The molecule has 0 aromatic heterocycles. The standard InChI is InChI=1S/C22H23ClN2O2S/c1-22(2,3)24-20-17-8-4-6-14-7-5-9-18(19(14)17)21(20)25-28(26,27)16-12-10-15(23)11-13-16/h4-13,20-21,24-25H,1-3H3/t20-,21+/m1/s1. The highest BCUT2D eigenvalue weighted by molar-refractivity contribution is 7.89. The minimum absolute atomic E-state index is 0.164. The summed E-state index contributed by atoms with van der Waals surface area (Å²) in [5.41, 5.74) is 1.93. The number of nitrogens with one attached hydrogen (secondary N) is 2.